The van der Waals surface area contributed by atoms with Gasteiger partial charge < -0.3 is 20.7 Å². The lowest BCUT2D eigenvalue weighted by Gasteiger charge is -2.19. The van der Waals surface area contributed by atoms with Gasteiger partial charge in [-0.05, 0) is 57.5 Å². The molecule has 0 saturated heterocycles. The lowest BCUT2D eigenvalue weighted by atomic mass is 10.1. The summed E-state index contributed by atoms with van der Waals surface area (Å²) < 4.78 is 5.11. The van der Waals surface area contributed by atoms with Crippen LogP contribution in [0.25, 0.3) is 0 Å². The van der Waals surface area contributed by atoms with Gasteiger partial charge in [0.25, 0.3) is 5.91 Å². The molecule has 30 heavy (non-hydrogen) atoms. The van der Waals surface area contributed by atoms with E-state index in [4.69, 9.17) is 4.74 Å². The Morgan fingerprint density at radius 3 is 2.13 bits per heavy atom. The zero-order valence-corrected chi connectivity index (χ0v) is 17.9. The molecule has 2 aromatic rings. The third kappa shape index (κ3) is 8.34. The predicted octanol–water partition coefficient (Wildman–Crippen LogP) is 3.78. The number of alkyl carbamates (subject to hydrolysis) is 1. The monoisotopic (exact) mass is 411 g/mol. The lowest BCUT2D eigenvalue weighted by Crippen LogP contribution is -2.34. The standard InChI is InChI=1S/C23H29N3O4/c1-16-5-9-18(10-6-16)21(28)25-15-17-7-11-19(12-8-17)26-20(27)13-14-24-22(29)30-23(2,3)4/h5-12H,13-15H2,1-4H3,(H,24,29)(H,25,28)(H,26,27). The predicted molar refractivity (Wildman–Crippen MR) is 116 cm³/mol. The van der Waals surface area contributed by atoms with Gasteiger partial charge in [0.2, 0.25) is 5.91 Å². The summed E-state index contributed by atoms with van der Waals surface area (Å²) in [6.07, 6.45) is -0.416. The SMILES string of the molecule is Cc1ccc(C(=O)NCc2ccc(NC(=O)CCNC(=O)OC(C)(C)C)cc2)cc1. The van der Waals surface area contributed by atoms with E-state index in [1.165, 1.54) is 0 Å². The van der Waals surface area contributed by atoms with Crippen molar-refractivity contribution in [3.63, 3.8) is 0 Å². The summed E-state index contributed by atoms with van der Waals surface area (Å²) in [5.41, 5.74) is 2.70. The van der Waals surface area contributed by atoms with E-state index < -0.39 is 11.7 Å². The third-order valence-electron chi connectivity index (χ3n) is 4.02. The molecule has 3 amide bonds. The molecule has 0 aliphatic carbocycles. The lowest BCUT2D eigenvalue weighted by molar-refractivity contribution is -0.116. The van der Waals surface area contributed by atoms with Crippen LogP contribution in [0.15, 0.2) is 48.5 Å². The molecule has 2 aromatic carbocycles. The molecule has 7 nitrogen and oxygen atoms in total. The number of nitrogens with one attached hydrogen (secondary N) is 3. The van der Waals surface area contributed by atoms with Crippen LogP contribution < -0.4 is 16.0 Å². The van der Waals surface area contributed by atoms with Crippen LogP contribution in [0.3, 0.4) is 0 Å². The van der Waals surface area contributed by atoms with E-state index in [2.05, 4.69) is 16.0 Å². The Labute approximate surface area is 177 Å². The highest BCUT2D eigenvalue weighted by molar-refractivity contribution is 5.94. The second-order valence-electron chi connectivity index (χ2n) is 7.97. The van der Waals surface area contributed by atoms with E-state index >= 15 is 0 Å². The van der Waals surface area contributed by atoms with Crippen LogP contribution in [0.4, 0.5) is 10.5 Å². The molecule has 0 aromatic heterocycles. The molecule has 0 fully saturated rings. The number of aryl methyl sites for hydroxylation is 1. The Morgan fingerprint density at radius 1 is 0.900 bits per heavy atom. The van der Waals surface area contributed by atoms with Crippen LogP contribution in [0.5, 0.6) is 0 Å². The first-order valence-electron chi connectivity index (χ1n) is 9.83. The van der Waals surface area contributed by atoms with Crippen LogP contribution in [-0.2, 0) is 16.1 Å². The van der Waals surface area contributed by atoms with Crippen molar-refractivity contribution in [1.82, 2.24) is 10.6 Å². The van der Waals surface area contributed by atoms with Crippen molar-refractivity contribution in [1.29, 1.82) is 0 Å². The van der Waals surface area contributed by atoms with E-state index in [0.717, 1.165) is 11.1 Å². The largest absolute Gasteiger partial charge is 0.444 e. The summed E-state index contributed by atoms with van der Waals surface area (Å²) in [5.74, 6) is -0.351. The van der Waals surface area contributed by atoms with Crippen LogP contribution >= 0.6 is 0 Å². The van der Waals surface area contributed by atoms with Gasteiger partial charge in [-0.1, -0.05) is 29.8 Å². The second-order valence-corrected chi connectivity index (χ2v) is 7.97. The Morgan fingerprint density at radius 2 is 1.53 bits per heavy atom. The fourth-order valence-corrected chi connectivity index (χ4v) is 2.51. The zero-order chi connectivity index (χ0) is 22.1. The quantitative estimate of drug-likeness (QED) is 0.646. The van der Waals surface area contributed by atoms with Crippen LogP contribution in [0, 0.1) is 6.92 Å². The number of hydrogen-bond acceptors (Lipinski definition) is 4. The maximum Gasteiger partial charge on any atom is 0.407 e. The summed E-state index contributed by atoms with van der Waals surface area (Å²) >= 11 is 0. The average Bonchev–Trinajstić information content (AvgIpc) is 2.66. The molecular formula is C23H29N3O4. The number of anilines is 1. The van der Waals surface area contributed by atoms with Gasteiger partial charge in [0, 0.05) is 30.8 Å². The molecule has 0 saturated carbocycles. The molecule has 0 bridgehead atoms. The van der Waals surface area contributed by atoms with E-state index in [1.807, 2.05) is 31.2 Å². The van der Waals surface area contributed by atoms with Crippen LogP contribution in [0.1, 0.15) is 48.7 Å². The van der Waals surface area contributed by atoms with Gasteiger partial charge in [0.1, 0.15) is 5.60 Å². The van der Waals surface area contributed by atoms with Crippen LogP contribution in [-0.4, -0.2) is 30.1 Å². The van der Waals surface area contributed by atoms with Crippen LogP contribution in [0.2, 0.25) is 0 Å². The summed E-state index contributed by atoms with van der Waals surface area (Å²) in [5, 5.41) is 8.19. The Kier molecular flexibility index (Phi) is 7.98. The number of rotatable bonds is 7. The van der Waals surface area contributed by atoms with E-state index in [-0.39, 0.29) is 24.8 Å². The number of amides is 3. The molecule has 7 heteroatoms. The fraction of sp³-hybridized carbons (Fsp3) is 0.348. The molecule has 0 unspecified atom stereocenters. The molecule has 2 rings (SSSR count). The summed E-state index contributed by atoms with van der Waals surface area (Å²) in [4.78, 5) is 35.7. The van der Waals surface area contributed by atoms with Crippen molar-refractivity contribution in [2.24, 2.45) is 0 Å². The van der Waals surface area contributed by atoms with Crippen molar-refractivity contribution in [3.8, 4) is 0 Å². The van der Waals surface area contributed by atoms with Crippen molar-refractivity contribution in [3.05, 3.63) is 65.2 Å². The maximum absolute atomic E-state index is 12.2. The Balaban J connectivity index is 1.73. The first-order chi connectivity index (χ1) is 14.1. The van der Waals surface area contributed by atoms with Gasteiger partial charge in [-0.2, -0.15) is 0 Å². The number of carbonyl (C=O) groups is 3. The maximum atomic E-state index is 12.2. The van der Waals surface area contributed by atoms with E-state index in [1.54, 1.807) is 45.0 Å². The second kappa shape index (κ2) is 10.4. The van der Waals surface area contributed by atoms with Crippen molar-refractivity contribution in [2.45, 2.75) is 46.3 Å². The van der Waals surface area contributed by atoms with E-state index in [9.17, 15) is 14.4 Å². The zero-order valence-electron chi connectivity index (χ0n) is 17.9. The van der Waals surface area contributed by atoms with Gasteiger partial charge in [-0.25, -0.2) is 4.79 Å². The Hall–Kier alpha value is -3.35. The minimum Gasteiger partial charge on any atom is -0.444 e. The number of hydrogen-bond donors (Lipinski definition) is 3. The van der Waals surface area contributed by atoms with Crippen molar-refractivity contribution in [2.75, 3.05) is 11.9 Å². The smallest absolute Gasteiger partial charge is 0.407 e. The average molecular weight is 412 g/mol. The van der Waals surface area contributed by atoms with Gasteiger partial charge >= 0.3 is 6.09 Å². The van der Waals surface area contributed by atoms with Gasteiger partial charge in [0.05, 0.1) is 0 Å². The minimum atomic E-state index is -0.576. The molecule has 0 radical (unpaired) electrons. The first kappa shape index (κ1) is 22.9. The number of benzene rings is 2. The highest BCUT2D eigenvalue weighted by Crippen LogP contribution is 2.11. The molecule has 0 aliphatic rings. The van der Waals surface area contributed by atoms with Gasteiger partial charge in [-0.15, -0.1) is 0 Å². The highest BCUT2D eigenvalue weighted by Gasteiger charge is 2.15. The molecule has 0 spiro atoms. The number of carbonyl (C=O) groups excluding carboxylic acids is 3. The topological polar surface area (TPSA) is 96.5 Å². The highest BCUT2D eigenvalue weighted by atomic mass is 16.6. The molecule has 0 heterocycles. The fourth-order valence-electron chi connectivity index (χ4n) is 2.51. The molecule has 160 valence electrons. The molecule has 0 atom stereocenters. The van der Waals surface area contributed by atoms with Gasteiger partial charge in [0.15, 0.2) is 0 Å². The Bertz CT molecular complexity index is 869. The normalized spacial score (nSPS) is 10.8. The first-order valence-corrected chi connectivity index (χ1v) is 9.83. The molecular weight excluding hydrogens is 382 g/mol. The van der Waals surface area contributed by atoms with Crippen molar-refractivity contribution < 1.29 is 19.1 Å². The molecule has 3 N–H and O–H groups in total. The van der Waals surface area contributed by atoms with E-state index in [0.29, 0.717) is 17.8 Å². The van der Waals surface area contributed by atoms with Gasteiger partial charge in [-0.3, -0.25) is 9.59 Å². The minimum absolute atomic E-state index is 0.133. The summed E-state index contributed by atoms with van der Waals surface area (Å²) in [6, 6.07) is 14.6. The molecule has 0 aliphatic heterocycles. The summed E-state index contributed by atoms with van der Waals surface area (Å²) in [6.45, 7) is 7.87. The third-order valence-corrected chi connectivity index (χ3v) is 4.02. The van der Waals surface area contributed by atoms with Crippen molar-refractivity contribution >= 4 is 23.6 Å². The summed E-state index contributed by atoms with van der Waals surface area (Å²) in [7, 11) is 0. The number of ether oxygens (including phenoxy) is 1.